The van der Waals surface area contributed by atoms with E-state index in [1.165, 1.54) is 11.6 Å². The summed E-state index contributed by atoms with van der Waals surface area (Å²) < 4.78 is 7.23. The van der Waals surface area contributed by atoms with Crippen molar-refractivity contribution < 1.29 is 14.3 Å². The predicted octanol–water partition coefficient (Wildman–Crippen LogP) is 2.36. The van der Waals surface area contributed by atoms with Crippen LogP contribution in [-0.4, -0.2) is 27.5 Å². The highest BCUT2D eigenvalue weighted by Gasteiger charge is 2.28. The first kappa shape index (κ1) is 23.4. The molecule has 2 rings (SSSR count). The molecule has 0 saturated carbocycles. The lowest BCUT2D eigenvalue weighted by Gasteiger charge is -2.20. The van der Waals surface area contributed by atoms with E-state index in [1.54, 1.807) is 24.3 Å². The molecule has 1 heterocycles. The van der Waals surface area contributed by atoms with Gasteiger partial charge in [-0.15, -0.1) is 0 Å². The van der Waals surface area contributed by atoms with Gasteiger partial charge in [0.25, 0.3) is 5.56 Å². The summed E-state index contributed by atoms with van der Waals surface area (Å²) >= 11 is 5.91. The molecule has 0 fully saturated rings. The number of nitrogens with two attached hydrogens (primary N) is 1. The van der Waals surface area contributed by atoms with E-state index in [1.807, 2.05) is 20.8 Å². The number of nitrogens with zero attached hydrogens (tertiary/aromatic N) is 2. The van der Waals surface area contributed by atoms with Crippen LogP contribution in [0.1, 0.15) is 49.0 Å². The van der Waals surface area contributed by atoms with E-state index in [9.17, 15) is 19.2 Å². The summed E-state index contributed by atoms with van der Waals surface area (Å²) in [6.07, 6.45) is 0.585. The van der Waals surface area contributed by atoms with Crippen molar-refractivity contribution in [3.63, 3.8) is 0 Å². The molecule has 1 atom stereocenters. The minimum atomic E-state index is -0.816. The van der Waals surface area contributed by atoms with Crippen molar-refractivity contribution in [2.75, 3.05) is 12.3 Å². The lowest BCUT2D eigenvalue weighted by atomic mass is 9.88. The van der Waals surface area contributed by atoms with E-state index in [-0.39, 0.29) is 23.8 Å². The second-order valence-electron chi connectivity index (χ2n) is 7.36. The zero-order chi connectivity index (χ0) is 22.6. The third kappa shape index (κ3) is 4.81. The first-order valence-corrected chi connectivity index (χ1v) is 10.0. The van der Waals surface area contributed by atoms with Gasteiger partial charge in [-0.2, -0.15) is 0 Å². The van der Waals surface area contributed by atoms with Crippen molar-refractivity contribution in [3.8, 4) is 0 Å². The van der Waals surface area contributed by atoms with Gasteiger partial charge >= 0.3 is 11.7 Å². The van der Waals surface area contributed by atoms with Crippen molar-refractivity contribution in [2.24, 2.45) is 13.0 Å². The number of aromatic nitrogens is 2. The standard InChI is InChI=1S/C21H26ClN3O5/c1-5-10-25-18(23)17(19(27)24(4)21(25)29)15(26)11-30-20(28)16(12(2)3)13-6-8-14(22)9-7-13/h6-9,12,16H,5,10-11,23H2,1-4H3. The number of benzene rings is 1. The summed E-state index contributed by atoms with van der Waals surface area (Å²) in [6.45, 7) is 5.15. The molecule has 0 saturated heterocycles. The second-order valence-corrected chi connectivity index (χ2v) is 7.80. The van der Waals surface area contributed by atoms with Crippen molar-refractivity contribution in [1.82, 2.24) is 9.13 Å². The van der Waals surface area contributed by atoms with Crippen LogP contribution in [0.3, 0.4) is 0 Å². The summed E-state index contributed by atoms with van der Waals surface area (Å²) in [5, 5.41) is 0.540. The number of ketones is 1. The number of hydrogen-bond donors (Lipinski definition) is 1. The number of anilines is 1. The van der Waals surface area contributed by atoms with Gasteiger partial charge in [0.2, 0.25) is 5.78 Å². The highest BCUT2D eigenvalue weighted by atomic mass is 35.5. The molecule has 162 valence electrons. The molecule has 2 N–H and O–H groups in total. The maximum Gasteiger partial charge on any atom is 0.332 e. The number of Topliss-reactive ketones (excluding diaryl/α,β-unsaturated/α-hetero) is 1. The Hall–Kier alpha value is -2.87. The van der Waals surface area contributed by atoms with E-state index in [4.69, 9.17) is 22.1 Å². The Balaban J connectivity index is 2.28. The molecular weight excluding hydrogens is 410 g/mol. The minimum Gasteiger partial charge on any atom is -0.457 e. The Morgan fingerprint density at radius 3 is 2.30 bits per heavy atom. The molecular formula is C21H26ClN3O5. The van der Waals surface area contributed by atoms with Crippen LogP contribution in [0, 0.1) is 5.92 Å². The van der Waals surface area contributed by atoms with Crippen molar-refractivity contribution >= 4 is 29.2 Å². The summed E-state index contributed by atoms with van der Waals surface area (Å²) in [4.78, 5) is 50.0. The second kappa shape index (κ2) is 9.75. The largest absolute Gasteiger partial charge is 0.457 e. The fourth-order valence-electron chi connectivity index (χ4n) is 3.25. The molecule has 0 spiro atoms. The number of carbonyl (C=O) groups is 2. The van der Waals surface area contributed by atoms with Crippen LogP contribution >= 0.6 is 11.6 Å². The Morgan fingerprint density at radius 2 is 1.77 bits per heavy atom. The first-order valence-electron chi connectivity index (χ1n) is 9.64. The average molecular weight is 436 g/mol. The normalized spacial score (nSPS) is 12.1. The van der Waals surface area contributed by atoms with Gasteiger partial charge in [0.15, 0.2) is 6.61 Å². The summed E-state index contributed by atoms with van der Waals surface area (Å²) in [5.74, 6) is -2.28. The van der Waals surface area contributed by atoms with Crippen LogP contribution in [0.4, 0.5) is 5.82 Å². The zero-order valence-corrected chi connectivity index (χ0v) is 18.2. The van der Waals surface area contributed by atoms with Crippen LogP contribution in [0.5, 0.6) is 0 Å². The highest BCUT2D eigenvalue weighted by Crippen LogP contribution is 2.27. The molecule has 1 aromatic heterocycles. The number of hydrogen-bond acceptors (Lipinski definition) is 6. The minimum absolute atomic E-state index is 0.0989. The number of rotatable bonds is 8. The van der Waals surface area contributed by atoms with Gasteiger partial charge < -0.3 is 10.5 Å². The van der Waals surface area contributed by atoms with E-state index in [0.717, 1.165) is 4.57 Å². The average Bonchev–Trinajstić information content (AvgIpc) is 2.69. The van der Waals surface area contributed by atoms with E-state index < -0.39 is 35.5 Å². The molecule has 0 aliphatic carbocycles. The van der Waals surface area contributed by atoms with Crippen LogP contribution in [0.15, 0.2) is 33.9 Å². The fourth-order valence-corrected chi connectivity index (χ4v) is 3.37. The van der Waals surface area contributed by atoms with Crippen LogP contribution in [-0.2, 0) is 23.1 Å². The number of carbonyl (C=O) groups excluding carboxylic acids is 2. The summed E-state index contributed by atoms with van der Waals surface area (Å²) in [7, 11) is 1.27. The van der Waals surface area contributed by atoms with E-state index >= 15 is 0 Å². The predicted molar refractivity (Wildman–Crippen MR) is 115 cm³/mol. The molecule has 1 unspecified atom stereocenters. The summed E-state index contributed by atoms with van der Waals surface area (Å²) in [5.41, 5.74) is 4.87. The van der Waals surface area contributed by atoms with Gasteiger partial charge in [0, 0.05) is 18.6 Å². The number of ether oxygens (including phenoxy) is 1. The van der Waals surface area contributed by atoms with Crippen molar-refractivity contribution in [1.29, 1.82) is 0 Å². The molecule has 2 aromatic rings. The van der Waals surface area contributed by atoms with Crippen LogP contribution in [0.25, 0.3) is 0 Å². The quantitative estimate of drug-likeness (QED) is 0.503. The third-order valence-electron chi connectivity index (χ3n) is 4.80. The Bertz CT molecular complexity index is 1050. The van der Waals surface area contributed by atoms with Gasteiger partial charge in [0.1, 0.15) is 11.4 Å². The SMILES string of the molecule is CCCn1c(N)c(C(=O)COC(=O)C(c2ccc(Cl)cc2)C(C)C)c(=O)n(C)c1=O. The lowest BCUT2D eigenvalue weighted by molar-refractivity contribution is -0.145. The molecule has 0 bridgehead atoms. The summed E-state index contributed by atoms with van der Waals surface area (Å²) in [6, 6.07) is 6.80. The van der Waals surface area contributed by atoms with Gasteiger partial charge in [-0.05, 0) is 30.0 Å². The molecule has 0 aliphatic heterocycles. The van der Waals surface area contributed by atoms with Gasteiger partial charge in [-0.25, -0.2) is 4.79 Å². The molecule has 0 radical (unpaired) electrons. The topological polar surface area (TPSA) is 113 Å². The highest BCUT2D eigenvalue weighted by molar-refractivity contribution is 6.30. The van der Waals surface area contributed by atoms with Gasteiger partial charge in [-0.1, -0.05) is 44.5 Å². The zero-order valence-electron chi connectivity index (χ0n) is 17.5. The molecule has 9 heteroatoms. The number of halogens is 1. The van der Waals surface area contributed by atoms with E-state index in [2.05, 4.69) is 0 Å². The Kier molecular flexibility index (Phi) is 7.61. The van der Waals surface area contributed by atoms with Gasteiger partial charge in [0.05, 0.1) is 5.92 Å². The Morgan fingerprint density at radius 1 is 1.17 bits per heavy atom. The van der Waals surface area contributed by atoms with Crippen molar-refractivity contribution in [2.45, 2.75) is 39.7 Å². The lowest BCUT2D eigenvalue weighted by Crippen LogP contribution is -2.43. The van der Waals surface area contributed by atoms with E-state index in [0.29, 0.717) is 17.0 Å². The van der Waals surface area contributed by atoms with Crippen LogP contribution < -0.4 is 17.0 Å². The first-order chi connectivity index (χ1) is 14.1. The molecule has 8 nitrogen and oxygen atoms in total. The molecule has 30 heavy (non-hydrogen) atoms. The smallest absolute Gasteiger partial charge is 0.332 e. The number of nitrogen functional groups attached to an aromatic ring is 1. The van der Waals surface area contributed by atoms with Gasteiger partial charge in [-0.3, -0.25) is 23.5 Å². The molecule has 0 amide bonds. The van der Waals surface area contributed by atoms with Crippen LogP contribution in [0.2, 0.25) is 5.02 Å². The maximum absolute atomic E-state index is 12.7. The fraction of sp³-hybridized carbons (Fsp3) is 0.429. The third-order valence-corrected chi connectivity index (χ3v) is 5.06. The molecule has 1 aromatic carbocycles. The monoisotopic (exact) mass is 435 g/mol. The number of esters is 1. The van der Waals surface area contributed by atoms with Crippen molar-refractivity contribution in [3.05, 3.63) is 61.3 Å². The molecule has 0 aliphatic rings. The maximum atomic E-state index is 12.7. The Labute approximate surface area is 179 Å².